The Morgan fingerprint density at radius 1 is 1.28 bits per heavy atom. The van der Waals surface area contributed by atoms with Gasteiger partial charge in [-0.1, -0.05) is 15.9 Å². The molecular formula is C10H9BrN4O2S. The number of nitrogen functional groups attached to an aromatic ring is 1. The van der Waals surface area contributed by atoms with E-state index in [0.29, 0.717) is 4.47 Å². The van der Waals surface area contributed by atoms with E-state index >= 15 is 0 Å². The van der Waals surface area contributed by atoms with Gasteiger partial charge in [-0.2, -0.15) is 5.10 Å². The largest absolute Gasteiger partial charge is 0.398 e. The molecule has 0 aliphatic rings. The van der Waals surface area contributed by atoms with Gasteiger partial charge in [0.2, 0.25) is 0 Å². The van der Waals surface area contributed by atoms with Gasteiger partial charge in [0, 0.05) is 10.7 Å². The molecule has 2 rings (SSSR count). The number of aromatic nitrogens is 2. The summed E-state index contributed by atoms with van der Waals surface area (Å²) in [6.45, 7) is 0. The fraction of sp³-hybridized carbons (Fsp3) is 0. The van der Waals surface area contributed by atoms with Gasteiger partial charge in [-0.05, 0) is 30.3 Å². The highest BCUT2D eigenvalue weighted by atomic mass is 79.9. The van der Waals surface area contributed by atoms with Crippen LogP contribution in [0.25, 0.3) is 0 Å². The van der Waals surface area contributed by atoms with E-state index in [4.69, 9.17) is 5.73 Å². The maximum atomic E-state index is 12.1. The monoisotopic (exact) mass is 328 g/mol. The molecule has 1 heterocycles. The molecule has 0 radical (unpaired) electrons. The summed E-state index contributed by atoms with van der Waals surface area (Å²) in [6.07, 6.45) is 1.45. The Balaban J connectivity index is 2.37. The number of anilines is 2. The van der Waals surface area contributed by atoms with Crippen molar-refractivity contribution in [3.8, 4) is 0 Å². The first kappa shape index (κ1) is 12.8. The van der Waals surface area contributed by atoms with Crippen LogP contribution in [0, 0.1) is 0 Å². The summed E-state index contributed by atoms with van der Waals surface area (Å²) < 4.78 is 27.1. The van der Waals surface area contributed by atoms with E-state index in [1.165, 1.54) is 24.4 Å². The third kappa shape index (κ3) is 2.77. The van der Waals surface area contributed by atoms with E-state index in [1.54, 1.807) is 12.1 Å². The van der Waals surface area contributed by atoms with E-state index in [2.05, 4.69) is 30.8 Å². The first-order chi connectivity index (χ1) is 8.49. The van der Waals surface area contributed by atoms with Crippen molar-refractivity contribution in [2.45, 2.75) is 4.90 Å². The van der Waals surface area contributed by atoms with E-state index < -0.39 is 10.0 Å². The fourth-order valence-corrected chi connectivity index (χ4v) is 2.80. The van der Waals surface area contributed by atoms with Crippen molar-refractivity contribution >= 4 is 37.5 Å². The Morgan fingerprint density at radius 2 is 2.06 bits per heavy atom. The molecular weight excluding hydrogens is 320 g/mol. The Morgan fingerprint density at radius 3 is 2.67 bits per heavy atom. The predicted octanol–water partition coefficient (Wildman–Crippen LogP) is 1.62. The third-order valence-electron chi connectivity index (χ3n) is 2.07. The van der Waals surface area contributed by atoms with Crippen LogP contribution in [-0.4, -0.2) is 18.6 Å². The van der Waals surface area contributed by atoms with Crippen molar-refractivity contribution in [3.05, 3.63) is 41.0 Å². The third-order valence-corrected chi connectivity index (χ3v) is 3.99. The molecule has 8 heteroatoms. The van der Waals surface area contributed by atoms with E-state index in [1.807, 2.05) is 0 Å². The number of nitrogens with one attached hydrogen (secondary N) is 1. The number of nitrogens with two attached hydrogens (primary N) is 1. The van der Waals surface area contributed by atoms with Crippen molar-refractivity contribution in [2.24, 2.45) is 0 Å². The number of halogens is 1. The molecule has 0 aliphatic heterocycles. The summed E-state index contributed by atoms with van der Waals surface area (Å²) in [5, 5.41) is 7.23. The lowest BCUT2D eigenvalue weighted by Crippen LogP contribution is -2.15. The molecule has 2 aromatic rings. The average Bonchev–Trinajstić information content (AvgIpc) is 2.29. The minimum atomic E-state index is -3.76. The molecule has 0 fully saturated rings. The Labute approximate surface area is 112 Å². The first-order valence-corrected chi connectivity index (χ1v) is 7.12. The molecule has 0 saturated carbocycles. The van der Waals surface area contributed by atoms with Gasteiger partial charge in [-0.15, -0.1) is 5.10 Å². The number of hydrogen-bond acceptors (Lipinski definition) is 5. The summed E-state index contributed by atoms with van der Waals surface area (Å²) in [4.78, 5) is -0.00338. The molecule has 0 aliphatic carbocycles. The fourth-order valence-electron chi connectivity index (χ4n) is 1.31. The van der Waals surface area contributed by atoms with E-state index in [9.17, 15) is 8.42 Å². The first-order valence-electron chi connectivity index (χ1n) is 4.84. The van der Waals surface area contributed by atoms with Crippen LogP contribution in [0.1, 0.15) is 0 Å². The van der Waals surface area contributed by atoms with Crippen LogP contribution in [0.15, 0.2) is 45.9 Å². The Kier molecular flexibility index (Phi) is 3.48. The molecule has 94 valence electrons. The zero-order chi connectivity index (χ0) is 13.2. The van der Waals surface area contributed by atoms with Crippen LogP contribution in [-0.2, 0) is 10.0 Å². The normalized spacial score (nSPS) is 11.2. The highest BCUT2D eigenvalue weighted by Gasteiger charge is 2.18. The van der Waals surface area contributed by atoms with Crippen LogP contribution < -0.4 is 10.5 Å². The zero-order valence-corrected chi connectivity index (χ0v) is 11.4. The highest BCUT2D eigenvalue weighted by Crippen LogP contribution is 2.24. The van der Waals surface area contributed by atoms with Crippen molar-refractivity contribution in [3.63, 3.8) is 0 Å². The minimum Gasteiger partial charge on any atom is -0.398 e. The minimum absolute atomic E-state index is 0.00338. The molecule has 1 aromatic carbocycles. The van der Waals surface area contributed by atoms with Gasteiger partial charge in [-0.25, -0.2) is 8.42 Å². The number of hydrogen-bond donors (Lipinski definition) is 2. The molecule has 0 unspecified atom stereocenters. The summed E-state index contributed by atoms with van der Waals surface area (Å²) in [6, 6.07) is 7.61. The second kappa shape index (κ2) is 4.91. The van der Waals surface area contributed by atoms with Crippen LogP contribution in [0.5, 0.6) is 0 Å². The standard InChI is InChI=1S/C10H9BrN4O2S/c11-7-3-4-9(8(12)6-7)18(16,17)15-10-2-1-5-13-14-10/h1-6H,12H2,(H,14,15). The molecule has 0 saturated heterocycles. The second-order valence-corrected chi connectivity index (χ2v) is 5.96. The number of sulfonamides is 1. The van der Waals surface area contributed by atoms with Gasteiger partial charge in [0.15, 0.2) is 5.82 Å². The smallest absolute Gasteiger partial charge is 0.265 e. The van der Waals surface area contributed by atoms with Gasteiger partial charge in [0.25, 0.3) is 10.0 Å². The van der Waals surface area contributed by atoms with Crippen LogP contribution in [0.3, 0.4) is 0 Å². The van der Waals surface area contributed by atoms with Gasteiger partial charge in [-0.3, -0.25) is 4.72 Å². The van der Waals surface area contributed by atoms with Gasteiger partial charge < -0.3 is 5.73 Å². The molecule has 0 atom stereocenters. The lowest BCUT2D eigenvalue weighted by atomic mass is 10.3. The molecule has 6 nitrogen and oxygen atoms in total. The molecule has 1 aromatic heterocycles. The van der Waals surface area contributed by atoms with Crippen LogP contribution in [0.4, 0.5) is 11.5 Å². The summed E-state index contributed by atoms with van der Waals surface area (Å²) in [7, 11) is -3.76. The SMILES string of the molecule is Nc1cc(Br)ccc1S(=O)(=O)Nc1cccnn1. The number of rotatable bonds is 3. The van der Waals surface area contributed by atoms with Gasteiger partial charge in [0.05, 0.1) is 5.69 Å². The maximum Gasteiger partial charge on any atom is 0.265 e. The lowest BCUT2D eigenvalue weighted by Gasteiger charge is -2.09. The quantitative estimate of drug-likeness (QED) is 0.834. The Hall–Kier alpha value is -1.67. The van der Waals surface area contributed by atoms with Crippen molar-refractivity contribution in [1.29, 1.82) is 0 Å². The van der Waals surface area contributed by atoms with Crippen molar-refractivity contribution in [1.82, 2.24) is 10.2 Å². The summed E-state index contributed by atoms with van der Waals surface area (Å²) >= 11 is 3.21. The number of benzene rings is 1. The summed E-state index contributed by atoms with van der Waals surface area (Å²) in [5.74, 6) is 0.139. The van der Waals surface area contributed by atoms with E-state index in [0.717, 1.165) is 0 Å². The molecule has 3 N–H and O–H groups in total. The number of nitrogens with zero attached hydrogens (tertiary/aromatic N) is 2. The second-order valence-electron chi connectivity index (χ2n) is 3.40. The van der Waals surface area contributed by atoms with Gasteiger partial charge in [0.1, 0.15) is 4.90 Å². The lowest BCUT2D eigenvalue weighted by molar-refractivity contribution is 0.601. The predicted molar refractivity (Wildman–Crippen MR) is 71.4 cm³/mol. The zero-order valence-electron chi connectivity index (χ0n) is 9.04. The topological polar surface area (TPSA) is 98.0 Å². The van der Waals surface area contributed by atoms with E-state index in [-0.39, 0.29) is 16.4 Å². The molecule has 0 bridgehead atoms. The molecule has 18 heavy (non-hydrogen) atoms. The Bertz CT molecular complexity index is 661. The summed E-state index contributed by atoms with van der Waals surface area (Å²) in [5.41, 5.74) is 5.83. The highest BCUT2D eigenvalue weighted by molar-refractivity contribution is 9.10. The van der Waals surface area contributed by atoms with Crippen LogP contribution >= 0.6 is 15.9 Å². The van der Waals surface area contributed by atoms with Gasteiger partial charge >= 0.3 is 0 Å². The molecule has 0 amide bonds. The molecule has 0 spiro atoms. The van der Waals surface area contributed by atoms with Crippen molar-refractivity contribution in [2.75, 3.05) is 10.5 Å². The van der Waals surface area contributed by atoms with Crippen LogP contribution in [0.2, 0.25) is 0 Å². The maximum absolute atomic E-state index is 12.1. The average molecular weight is 329 g/mol. The van der Waals surface area contributed by atoms with Crippen molar-refractivity contribution < 1.29 is 8.42 Å².